The quantitative estimate of drug-likeness (QED) is 0.536. The molecule has 1 unspecified atom stereocenters. The summed E-state index contributed by atoms with van der Waals surface area (Å²) in [5, 5.41) is 10.1. The van der Waals surface area contributed by atoms with Gasteiger partial charge in [-0.25, -0.2) is 0 Å². The number of hydrogen-bond donors (Lipinski definition) is 1. The van der Waals surface area contributed by atoms with Crippen LogP contribution in [0.2, 0.25) is 0 Å². The lowest BCUT2D eigenvalue weighted by Gasteiger charge is -2.35. The highest BCUT2D eigenvalue weighted by Gasteiger charge is 2.25. The summed E-state index contributed by atoms with van der Waals surface area (Å²) in [5.74, 6) is 0.408. The summed E-state index contributed by atoms with van der Waals surface area (Å²) in [6.07, 6.45) is 9.06. The number of aliphatic hydroxyl groups is 1. The molecule has 0 amide bonds. The maximum Gasteiger partial charge on any atom is 0.118 e. The van der Waals surface area contributed by atoms with Crippen molar-refractivity contribution in [3.05, 3.63) is 35.6 Å². The molecule has 0 aromatic carbocycles. The Morgan fingerprint density at radius 1 is 1.37 bits per heavy atom. The van der Waals surface area contributed by atoms with Crippen molar-refractivity contribution in [2.45, 2.75) is 58.9 Å². The molecule has 0 saturated heterocycles. The van der Waals surface area contributed by atoms with E-state index in [0.717, 1.165) is 31.5 Å². The van der Waals surface area contributed by atoms with Gasteiger partial charge in [0.05, 0.1) is 0 Å². The molecule has 0 aliphatic heterocycles. The SMILES string of the molecule is C=C/C=C(/O)C1=C(C)CCC(N(CCC)CCC)C1. The van der Waals surface area contributed by atoms with Crippen molar-refractivity contribution in [2.24, 2.45) is 0 Å². The summed E-state index contributed by atoms with van der Waals surface area (Å²) in [6, 6.07) is 0.582. The molecular weight excluding hydrogens is 234 g/mol. The van der Waals surface area contributed by atoms with Crippen LogP contribution in [0.1, 0.15) is 52.9 Å². The second-order valence-electron chi connectivity index (χ2n) is 5.48. The Balaban J connectivity index is 2.81. The van der Waals surface area contributed by atoms with E-state index >= 15 is 0 Å². The zero-order chi connectivity index (χ0) is 14.3. The molecule has 1 atom stereocenters. The Morgan fingerprint density at radius 2 is 2.00 bits per heavy atom. The van der Waals surface area contributed by atoms with Gasteiger partial charge in [0.15, 0.2) is 0 Å². The van der Waals surface area contributed by atoms with Gasteiger partial charge in [-0.05, 0) is 63.8 Å². The summed E-state index contributed by atoms with van der Waals surface area (Å²) in [6.45, 7) is 12.6. The molecule has 2 nitrogen and oxygen atoms in total. The Kier molecular flexibility index (Phi) is 6.93. The number of hydrogen-bond acceptors (Lipinski definition) is 2. The number of nitrogens with zero attached hydrogens (tertiary/aromatic N) is 1. The van der Waals surface area contributed by atoms with Crippen LogP contribution in [-0.4, -0.2) is 29.1 Å². The Labute approximate surface area is 118 Å². The standard InChI is InChI=1S/C17H29NO/c1-5-8-17(19)16-13-15(10-9-14(16)4)18(11-6-2)12-7-3/h5,8,15,19H,1,6-7,9-13H2,2-4H3/b17-8+. The Morgan fingerprint density at radius 3 is 2.53 bits per heavy atom. The predicted octanol–water partition coefficient (Wildman–Crippen LogP) is 4.61. The molecule has 0 bridgehead atoms. The normalized spacial score (nSPS) is 21.1. The van der Waals surface area contributed by atoms with Crippen LogP contribution in [-0.2, 0) is 0 Å². The lowest BCUT2D eigenvalue weighted by atomic mass is 9.86. The molecular formula is C17H29NO. The van der Waals surface area contributed by atoms with Gasteiger partial charge in [-0.15, -0.1) is 0 Å². The van der Waals surface area contributed by atoms with E-state index in [0.29, 0.717) is 11.8 Å². The fraction of sp³-hybridized carbons (Fsp3) is 0.647. The molecule has 108 valence electrons. The van der Waals surface area contributed by atoms with Crippen molar-refractivity contribution < 1.29 is 5.11 Å². The van der Waals surface area contributed by atoms with Crippen molar-refractivity contribution >= 4 is 0 Å². The van der Waals surface area contributed by atoms with E-state index in [1.54, 1.807) is 12.2 Å². The molecule has 1 aliphatic rings. The second-order valence-corrected chi connectivity index (χ2v) is 5.48. The highest BCUT2D eigenvalue weighted by atomic mass is 16.3. The highest BCUT2D eigenvalue weighted by molar-refractivity contribution is 5.34. The van der Waals surface area contributed by atoms with E-state index in [2.05, 4.69) is 32.3 Å². The molecule has 2 heteroatoms. The average molecular weight is 263 g/mol. The van der Waals surface area contributed by atoms with E-state index < -0.39 is 0 Å². The van der Waals surface area contributed by atoms with Gasteiger partial charge in [0.2, 0.25) is 0 Å². The van der Waals surface area contributed by atoms with Crippen LogP contribution in [0.5, 0.6) is 0 Å². The van der Waals surface area contributed by atoms with Crippen LogP contribution < -0.4 is 0 Å². The minimum atomic E-state index is 0.408. The lowest BCUT2D eigenvalue weighted by Crippen LogP contribution is -2.38. The van der Waals surface area contributed by atoms with Crippen molar-refractivity contribution in [1.29, 1.82) is 0 Å². The van der Waals surface area contributed by atoms with Gasteiger partial charge >= 0.3 is 0 Å². The zero-order valence-corrected chi connectivity index (χ0v) is 12.8. The van der Waals surface area contributed by atoms with Crippen LogP contribution in [0.25, 0.3) is 0 Å². The molecule has 0 spiro atoms. The fourth-order valence-electron chi connectivity index (χ4n) is 2.94. The van der Waals surface area contributed by atoms with Gasteiger partial charge in [0.25, 0.3) is 0 Å². The summed E-state index contributed by atoms with van der Waals surface area (Å²) in [4.78, 5) is 2.59. The van der Waals surface area contributed by atoms with Gasteiger partial charge in [0, 0.05) is 6.04 Å². The average Bonchev–Trinajstić information content (AvgIpc) is 2.39. The number of rotatable bonds is 7. The summed E-state index contributed by atoms with van der Waals surface area (Å²) in [5.41, 5.74) is 2.47. The van der Waals surface area contributed by atoms with Crippen molar-refractivity contribution in [2.75, 3.05) is 13.1 Å². The van der Waals surface area contributed by atoms with Gasteiger partial charge in [-0.1, -0.05) is 32.1 Å². The van der Waals surface area contributed by atoms with Crippen LogP contribution in [0.3, 0.4) is 0 Å². The van der Waals surface area contributed by atoms with Crippen LogP contribution in [0, 0.1) is 0 Å². The number of aliphatic hydroxyl groups excluding tert-OH is 1. The van der Waals surface area contributed by atoms with Gasteiger partial charge in [-0.3, -0.25) is 0 Å². The smallest absolute Gasteiger partial charge is 0.118 e. The van der Waals surface area contributed by atoms with Gasteiger partial charge in [0.1, 0.15) is 5.76 Å². The molecule has 0 radical (unpaired) electrons. The fourth-order valence-corrected chi connectivity index (χ4v) is 2.94. The van der Waals surface area contributed by atoms with Crippen molar-refractivity contribution in [3.8, 4) is 0 Å². The molecule has 1 rings (SSSR count). The van der Waals surface area contributed by atoms with Gasteiger partial charge in [-0.2, -0.15) is 0 Å². The first-order chi connectivity index (χ1) is 9.13. The monoisotopic (exact) mass is 263 g/mol. The summed E-state index contributed by atoms with van der Waals surface area (Å²) < 4.78 is 0. The summed E-state index contributed by atoms with van der Waals surface area (Å²) in [7, 11) is 0. The van der Waals surface area contributed by atoms with Crippen LogP contribution in [0.15, 0.2) is 35.6 Å². The maximum absolute atomic E-state index is 10.1. The second kappa shape index (κ2) is 8.21. The van der Waals surface area contributed by atoms with Crippen LogP contribution >= 0.6 is 0 Å². The first kappa shape index (κ1) is 16.0. The third-order valence-corrected chi connectivity index (χ3v) is 3.93. The zero-order valence-electron chi connectivity index (χ0n) is 12.8. The topological polar surface area (TPSA) is 23.5 Å². The molecule has 19 heavy (non-hydrogen) atoms. The van der Waals surface area contributed by atoms with Crippen molar-refractivity contribution in [3.63, 3.8) is 0 Å². The van der Waals surface area contributed by atoms with Crippen molar-refractivity contribution in [1.82, 2.24) is 4.90 Å². The van der Waals surface area contributed by atoms with Gasteiger partial charge < -0.3 is 10.0 Å². The maximum atomic E-state index is 10.1. The molecule has 0 saturated carbocycles. The largest absolute Gasteiger partial charge is 0.508 e. The molecule has 0 aromatic rings. The number of allylic oxidation sites excluding steroid dienone is 4. The highest BCUT2D eigenvalue weighted by Crippen LogP contribution is 2.31. The third kappa shape index (κ3) is 4.54. The predicted molar refractivity (Wildman–Crippen MR) is 83.4 cm³/mol. The van der Waals surface area contributed by atoms with Crippen LogP contribution in [0.4, 0.5) is 0 Å². The first-order valence-corrected chi connectivity index (χ1v) is 7.58. The molecule has 0 heterocycles. The third-order valence-electron chi connectivity index (χ3n) is 3.93. The molecule has 1 aliphatic carbocycles. The van der Waals surface area contributed by atoms with E-state index in [1.807, 2.05) is 0 Å². The van der Waals surface area contributed by atoms with E-state index in [1.165, 1.54) is 24.8 Å². The summed E-state index contributed by atoms with van der Waals surface area (Å²) >= 11 is 0. The Hall–Kier alpha value is -1.02. The molecule has 0 aromatic heterocycles. The molecule has 1 N–H and O–H groups in total. The van der Waals surface area contributed by atoms with E-state index in [-0.39, 0.29) is 0 Å². The van der Waals surface area contributed by atoms with E-state index in [9.17, 15) is 5.11 Å². The Bertz CT molecular complexity index is 348. The van der Waals surface area contributed by atoms with E-state index in [4.69, 9.17) is 0 Å². The lowest BCUT2D eigenvalue weighted by molar-refractivity contribution is 0.178. The minimum Gasteiger partial charge on any atom is -0.508 e. The molecule has 0 fully saturated rings. The minimum absolute atomic E-state index is 0.408. The first-order valence-electron chi connectivity index (χ1n) is 7.58.